The fraction of sp³-hybridized carbons (Fsp3) is 0.143. The van der Waals surface area contributed by atoms with Gasteiger partial charge in [0.15, 0.2) is 0 Å². The molecule has 8 heteroatoms. The summed E-state index contributed by atoms with van der Waals surface area (Å²) in [6, 6.07) is 12.0. The molecule has 4 N–H and O–H groups in total. The number of rotatable bonds is 5. The van der Waals surface area contributed by atoms with Gasteiger partial charge in [-0.15, -0.1) is 11.8 Å². The average Bonchev–Trinajstić information content (AvgIpc) is 2.96. The number of nitrogen functional groups attached to an aromatic ring is 2. The molecule has 0 radical (unpaired) electrons. The van der Waals surface area contributed by atoms with Gasteiger partial charge in [0.05, 0.1) is 17.1 Å². The van der Waals surface area contributed by atoms with E-state index in [0.29, 0.717) is 11.6 Å². The van der Waals surface area contributed by atoms with Gasteiger partial charge in [-0.2, -0.15) is 20.1 Å². The monoisotopic (exact) mass is 313 g/mol. The second-order valence-corrected chi connectivity index (χ2v) is 5.53. The van der Waals surface area contributed by atoms with Crippen molar-refractivity contribution in [2.45, 2.75) is 11.5 Å². The van der Waals surface area contributed by atoms with Crippen LogP contribution in [0.5, 0.6) is 0 Å². The van der Waals surface area contributed by atoms with E-state index in [9.17, 15) is 0 Å². The third-order valence-corrected chi connectivity index (χ3v) is 3.82. The highest BCUT2D eigenvalue weighted by molar-refractivity contribution is 7.97. The summed E-state index contributed by atoms with van der Waals surface area (Å²) in [5, 5.41) is 4.54. The Balaban J connectivity index is 1.59. The summed E-state index contributed by atoms with van der Waals surface area (Å²) in [4.78, 5) is 11.8. The third-order valence-electron chi connectivity index (χ3n) is 2.86. The van der Waals surface area contributed by atoms with Gasteiger partial charge in [-0.3, -0.25) is 0 Å². The smallest absolute Gasteiger partial charge is 0.225 e. The van der Waals surface area contributed by atoms with Gasteiger partial charge in [0.1, 0.15) is 5.82 Å². The van der Waals surface area contributed by atoms with Crippen LogP contribution in [0.1, 0.15) is 11.5 Å². The molecule has 1 aromatic carbocycles. The maximum Gasteiger partial charge on any atom is 0.225 e. The Hall–Kier alpha value is -2.61. The number of hydrogen-bond acceptors (Lipinski definition) is 7. The average molecular weight is 313 g/mol. The van der Waals surface area contributed by atoms with Crippen LogP contribution in [0.25, 0.3) is 5.69 Å². The van der Waals surface area contributed by atoms with Gasteiger partial charge >= 0.3 is 0 Å². The highest BCUT2D eigenvalue weighted by Gasteiger charge is 2.05. The zero-order chi connectivity index (χ0) is 15.4. The Morgan fingerprint density at radius 3 is 2.36 bits per heavy atom. The first kappa shape index (κ1) is 14.3. The second-order valence-electron chi connectivity index (χ2n) is 4.55. The van der Waals surface area contributed by atoms with Gasteiger partial charge in [0.25, 0.3) is 0 Å². The highest BCUT2D eigenvalue weighted by Crippen LogP contribution is 2.16. The van der Waals surface area contributed by atoms with Crippen molar-refractivity contribution < 1.29 is 0 Å². The lowest BCUT2D eigenvalue weighted by Gasteiger charge is -2.02. The van der Waals surface area contributed by atoms with Crippen LogP contribution in [0.2, 0.25) is 0 Å². The van der Waals surface area contributed by atoms with E-state index in [0.717, 1.165) is 17.1 Å². The van der Waals surface area contributed by atoms with E-state index in [1.54, 1.807) is 11.8 Å². The molecule has 7 nitrogen and oxygen atoms in total. The molecule has 112 valence electrons. The number of anilines is 2. The van der Waals surface area contributed by atoms with Gasteiger partial charge < -0.3 is 11.5 Å². The number of nitrogens with zero attached hydrogens (tertiary/aromatic N) is 5. The van der Waals surface area contributed by atoms with Gasteiger partial charge in [-0.05, 0) is 18.2 Å². The van der Waals surface area contributed by atoms with Crippen LogP contribution in [0.3, 0.4) is 0 Å². The molecule has 0 amide bonds. The summed E-state index contributed by atoms with van der Waals surface area (Å²) in [7, 11) is 0. The molecule has 0 atom stereocenters. The normalized spacial score (nSPS) is 10.7. The van der Waals surface area contributed by atoms with E-state index in [-0.39, 0.29) is 11.9 Å². The third kappa shape index (κ3) is 3.53. The quantitative estimate of drug-likeness (QED) is 0.737. The zero-order valence-corrected chi connectivity index (χ0v) is 12.6. The van der Waals surface area contributed by atoms with Crippen LogP contribution in [-0.2, 0) is 11.5 Å². The summed E-state index contributed by atoms with van der Waals surface area (Å²) < 4.78 is 1.86. The van der Waals surface area contributed by atoms with E-state index >= 15 is 0 Å². The maximum absolute atomic E-state index is 5.54. The van der Waals surface area contributed by atoms with Crippen molar-refractivity contribution >= 4 is 23.7 Å². The molecule has 0 fully saturated rings. The first-order chi connectivity index (χ1) is 10.7. The lowest BCUT2D eigenvalue weighted by atomic mass is 10.3. The van der Waals surface area contributed by atoms with E-state index < -0.39 is 0 Å². The van der Waals surface area contributed by atoms with Crippen LogP contribution < -0.4 is 11.5 Å². The standard InChI is InChI=1S/C14H15N7S/c15-13-17-12(18-14(16)19-13)9-22-8-10-6-7-21(20-10)11-4-2-1-3-5-11/h1-7H,8-9H2,(H4,15,16,17,18,19). The van der Waals surface area contributed by atoms with Crippen molar-refractivity contribution in [3.05, 3.63) is 54.1 Å². The molecule has 0 saturated heterocycles. The minimum Gasteiger partial charge on any atom is -0.368 e. The second kappa shape index (κ2) is 6.44. The Morgan fingerprint density at radius 2 is 1.64 bits per heavy atom. The molecule has 0 saturated carbocycles. The van der Waals surface area contributed by atoms with Crippen molar-refractivity contribution in [2.24, 2.45) is 0 Å². The van der Waals surface area contributed by atoms with Crippen LogP contribution in [0.15, 0.2) is 42.6 Å². The fourth-order valence-corrected chi connectivity index (χ4v) is 2.71. The molecular weight excluding hydrogens is 298 g/mol. The molecule has 0 spiro atoms. The highest BCUT2D eigenvalue weighted by atomic mass is 32.2. The maximum atomic E-state index is 5.54. The van der Waals surface area contributed by atoms with E-state index in [1.807, 2.05) is 47.3 Å². The summed E-state index contributed by atoms with van der Waals surface area (Å²) in [6.07, 6.45) is 1.95. The number of hydrogen-bond donors (Lipinski definition) is 2. The number of aromatic nitrogens is 5. The molecule has 3 rings (SSSR count). The Bertz CT molecular complexity index is 737. The number of nitrogens with two attached hydrogens (primary N) is 2. The number of thioether (sulfide) groups is 1. The molecule has 3 aromatic rings. The largest absolute Gasteiger partial charge is 0.368 e. The van der Waals surface area contributed by atoms with Gasteiger partial charge in [0, 0.05) is 11.9 Å². The van der Waals surface area contributed by atoms with Crippen LogP contribution in [0.4, 0.5) is 11.9 Å². The van der Waals surface area contributed by atoms with Crippen LogP contribution in [-0.4, -0.2) is 24.7 Å². The van der Waals surface area contributed by atoms with Crippen molar-refractivity contribution in [3.8, 4) is 5.69 Å². The lowest BCUT2D eigenvalue weighted by molar-refractivity contribution is 0.859. The summed E-state index contributed by atoms with van der Waals surface area (Å²) >= 11 is 1.65. The molecule has 2 heterocycles. The summed E-state index contributed by atoms with van der Waals surface area (Å²) in [6.45, 7) is 0. The predicted octanol–water partition coefficient (Wildman–Crippen LogP) is 1.66. The molecule has 0 aliphatic heterocycles. The Kier molecular flexibility index (Phi) is 4.19. The number of para-hydroxylation sites is 1. The first-order valence-corrected chi connectivity index (χ1v) is 7.80. The van der Waals surface area contributed by atoms with Crippen molar-refractivity contribution in [2.75, 3.05) is 11.5 Å². The predicted molar refractivity (Wildman–Crippen MR) is 87.2 cm³/mol. The van der Waals surface area contributed by atoms with Gasteiger partial charge in [0.2, 0.25) is 11.9 Å². The topological polar surface area (TPSA) is 109 Å². The van der Waals surface area contributed by atoms with E-state index in [1.165, 1.54) is 0 Å². The van der Waals surface area contributed by atoms with Crippen LogP contribution >= 0.6 is 11.8 Å². The van der Waals surface area contributed by atoms with Crippen molar-refractivity contribution in [1.82, 2.24) is 24.7 Å². The summed E-state index contributed by atoms with van der Waals surface area (Å²) in [5.41, 5.74) is 13.1. The number of benzene rings is 1. The Morgan fingerprint density at radius 1 is 0.909 bits per heavy atom. The molecule has 2 aromatic heterocycles. The Labute approximate surface area is 131 Å². The van der Waals surface area contributed by atoms with Crippen molar-refractivity contribution in [1.29, 1.82) is 0 Å². The minimum absolute atomic E-state index is 0.149. The lowest BCUT2D eigenvalue weighted by Crippen LogP contribution is -2.06. The van der Waals surface area contributed by atoms with Crippen LogP contribution in [0, 0.1) is 0 Å². The molecule has 0 unspecified atom stereocenters. The first-order valence-electron chi connectivity index (χ1n) is 6.64. The molecule has 22 heavy (non-hydrogen) atoms. The van der Waals surface area contributed by atoms with Gasteiger partial charge in [-0.1, -0.05) is 18.2 Å². The van der Waals surface area contributed by atoms with E-state index in [2.05, 4.69) is 20.1 Å². The molecule has 0 aliphatic rings. The fourth-order valence-electron chi connectivity index (χ4n) is 1.93. The molecule has 0 aliphatic carbocycles. The zero-order valence-electron chi connectivity index (χ0n) is 11.8. The minimum atomic E-state index is 0.149. The summed E-state index contributed by atoms with van der Waals surface area (Å²) in [5.74, 6) is 2.24. The van der Waals surface area contributed by atoms with E-state index in [4.69, 9.17) is 11.5 Å². The van der Waals surface area contributed by atoms with Gasteiger partial charge in [-0.25, -0.2) is 4.68 Å². The molecular formula is C14H15N7S. The molecule has 0 bridgehead atoms. The van der Waals surface area contributed by atoms with Crippen molar-refractivity contribution in [3.63, 3.8) is 0 Å². The SMILES string of the molecule is Nc1nc(N)nc(CSCc2ccn(-c3ccccc3)n2)n1.